The second-order valence-electron chi connectivity index (χ2n) is 4.75. The van der Waals surface area contributed by atoms with Crippen LogP contribution < -0.4 is 10.1 Å². The third kappa shape index (κ3) is 5.36. The number of phenolic OH excluding ortho intramolecular Hbond substituents is 1. The molecule has 6 nitrogen and oxygen atoms in total. The molecule has 0 fully saturated rings. The first kappa shape index (κ1) is 16.7. The van der Waals surface area contributed by atoms with Gasteiger partial charge in [0.25, 0.3) is 0 Å². The molecule has 0 saturated heterocycles. The number of hydrogen-bond acceptors (Lipinski definition) is 6. The molecule has 0 aliphatic heterocycles. The second kappa shape index (κ2) is 6.92. The van der Waals surface area contributed by atoms with Crippen molar-refractivity contribution in [3.63, 3.8) is 0 Å². The number of nitrogens with one attached hydrogen (secondary N) is 1. The summed E-state index contributed by atoms with van der Waals surface area (Å²) in [5.41, 5.74) is -1.39. The van der Waals surface area contributed by atoms with Crippen LogP contribution in [-0.2, 0) is 9.84 Å². The monoisotopic (exact) mass is 303 g/mol. The van der Waals surface area contributed by atoms with E-state index in [0.29, 0.717) is 12.3 Å². The van der Waals surface area contributed by atoms with E-state index in [2.05, 4.69) is 5.32 Å². The molecule has 1 rings (SSSR count). The van der Waals surface area contributed by atoms with Crippen LogP contribution in [0.4, 0.5) is 0 Å². The van der Waals surface area contributed by atoms with Crippen LogP contribution in [0.1, 0.15) is 13.3 Å². The maximum absolute atomic E-state index is 11.5. The summed E-state index contributed by atoms with van der Waals surface area (Å²) >= 11 is 0. The van der Waals surface area contributed by atoms with Gasteiger partial charge in [0.1, 0.15) is 17.3 Å². The Labute approximate surface area is 119 Å². The Morgan fingerprint density at radius 1 is 1.30 bits per heavy atom. The molecule has 0 bridgehead atoms. The summed E-state index contributed by atoms with van der Waals surface area (Å²) < 4.78 is 28.7. The van der Waals surface area contributed by atoms with Crippen molar-refractivity contribution in [2.75, 3.05) is 25.2 Å². The third-order valence-electron chi connectivity index (χ3n) is 2.60. The van der Waals surface area contributed by atoms with Gasteiger partial charge in [-0.15, -0.1) is 0 Å². The molecule has 0 aromatic heterocycles. The molecule has 114 valence electrons. The van der Waals surface area contributed by atoms with Crippen molar-refractivity contribution in [3.8, 4) is 11.5 Å². The molecule has 1 atom stereocenters. The van der Waals surface area contributed by atoms with E-state index in [0.717, 1.165) is 12.7 Å². The van der Waals surface area contributed by atoms with Crippen LogP contribution in [0.25, 0.3) is 0 Å². The summed E-state index contributed by atoms with van der Waals surface area (Å²) in [5, 5.41) is 21.7. The van der Waals surface area contributed by atoms with Gasteiger partial charge in [0.2, 0.25) is 0 Å². The SMILES string of the molecule is CCCNC(CO)(CS(C)(=O)=O)Oc1ccc(O)cc1. The number of aliphatic hydroxyl groups excluding tert-OH is 1. The summed E-state index contributed by atoms with van der Waals surface area (Å²) in [6.07, 6.45) is 1.86. The zero-order valence-electron chi connectivity index (χ0n) is 11.7. The first-order valence-corrected chi connectivity index (χ1v) is 8.38. The van der Waals surface area contributed by atoms with E-state index < -0.39 is 22.2 Å². The van der Waals surface area contributed by atoms with Crippen molar-refractivity contribution in [1.82, 2.24) is 5.32 Å². The van der Waals surface area contributed by atoms with E-state index in [4.69, 9.17) is 4.74 Å². The van der Waals surface area contributed by atoms with Crippen LogP contribution in [-0.4, -0.2) is 49.5 Å². The predicted octanol–water partition coefficient (Wildman–Crippen LogP) is 0.504. The average Bonchev–Trinajstić information content (AvgIpc) is 2.37. The molecule has 0 heterocycles. The highest BCUT2D eigenvalue weighted by atomic mass is 32.2. The Balaban J connectivity index is 2.98. The minimum absolute atomic E-state index is 0.0802. The number of ether oxygens (including phenoxy) is 1. The van der Waals surface area contributed by atoms with E-state index in [1.807, 2.05) is 6.92 Å². The fourth-order valence-electron chi connectivity index (χ4n) is 1.77. The van der Waals surface area contributed by atoms with Gasteiger partial charge in [-0.1, -0.05) is 6.92 Å². The summed E-state index contributed by atoms with van der Waals surface area (Å²) in [6.45, 7) is 1.95. The quantitative estimate of drug-likeness (QED) is 0.605. The summed E-state index contributed by atoms with van der Waals surface area (Å²) in [5.74, 6) is 0.0953. The van der Waals surface area contributed by atoms with Crippen molar-refractivity contribution in [1.29, 1.82) is 0 Å². The van der Waals surface area contributed by atoms with Gasteiger partial charge in [-0.25, -0.2) is 8.42 Å². The average molecular weight is 303 g/mol. The van der Waals surface area contributed by atoms with E-state index in [1.165, 1.54) is 24.3 Å². The van der Waals surface area contributed by atoms with Crippen LogP contribution in [0, 0.1) is 0 Å². The van der Waals surface area contributed by atoms with Gasteiger partial charge in [-0.05, 0) is 37.2 Å². The summed E-state index contributed by atoms with van der Waals surface area (Å²) in [4.78, 5) is 0. The zero-order valence-corrected chi connectivity index (χ0v) is 12.5. The molecule has 0 aliphatic rings. The molecule has 3 N–H and O–H groups in total. The van der Waals surface area contributed by atoms with Gasteiger partial charge in [-0.2, -0.15) is 0 Å². The van der Waals surface area contributed by atoms with Gasteiger partial charge < -0.3 is 14.9 Å². The largest absolute Gasteiger partial charge is 0.508 e. The number of sulfone groups is 1. The highest BCUT2D eigenvalue weighted by molar-refractivity contribution is 7.90. The predicted molar refractivity (Wildman–Crippen MR) is 76.6 cm³/mol. The summed E-state index contributed by atoms with van der Waals surface area (Å²) in [6, 6.07) is 5.88. The zero-order chi connectivity index (χ0) is 15.2. The molecular formula is C13H21NO5S. The van der Waals surface area contributed by atoms with Gasteiger partial charge in [0.15, 0.2) is 15.6 Å². The fraction of sp³-hybridized carbons (Fsp3) is 0.538. The highest BCUT2D eigenvalue weighted by Gasteiger charge is 2.35. The standard InChI is InChI=1S/C13H21NO5S/c1-3-8-14-13(9-15,10-20(2,17)18)19-12-6-4-11(16)5-7-12/h4-7,14-16H,3,8-10H2,1-2H3. The Hall–Kier alpha value is -1.31. The van der Waals surface area contributed by atoms with E-state index >= 15 is 0 Å². The first-order chi connectivity index (χ1) is 9.30. The van der Waals surface area contributed by atoms with Crippen molar-refractivity contribution >= 4 is 9.84 Å². The number of aliphatic hydroxyl groups is 1. The number of rotatable bonds is 8. The van der Waals surface area contributed by atoms with E-state index in [9.17, 15) is 18.6 Å². The Morgan fingerprint density at radius 2 is 1.90 bits per heavy atom. The lowest BCUT2D eigenvalue weighted by Gasteiger charge is -2.33. The lowest BCUT2D eigenvalue weighted by Crippen LogP contribution is -2.58. The van der Waals surface area contributed by atoms with E-state index in [1.54, 1.807) is 0 Å². The van der Waals surface area contributed by atoms with Crippen LogP contribution in [0.2, 0.25) is 0 Å². The van der Waals surface area contributed by atoms with Gasteiger partial charge in [0, 0.05) is 6.26 Å². The topological polar surface area (TPSA) is 95.9 Å². The van der Waals surface area contributed by atoms with Crippen molar-refractivity contribution in [2.45, 2.75) is 19.1 Å². The maximum Gasteiger partial charge on any atom is 0.198 e. The van der Waals surface area contributed by atoms with Crippen molar-refractivity contribution in [2.24, 2.45) is 0 Å². The van der Waals surface area contributed by atoms with Gasteiger partial charge >= 0.3 is 0 Å². The number of aromatic hydroxyl groups is 1. The Bertz CT molecular complexity index is 514. The maximum atomic E-state index is 11.5. The first-order valence-electron chi connectivity index (χ1n) is 6.32. The van der Waals surface area contributed by atoms with Crippen molar-refractivity contribution in [3.05, 3.63) is 24.3 Å². The highest BCUT2D eigenvalue weighted by Crippen LogP contribution is 2.21. The third-order valence-corrected chi connectivity index (χ3v) is 3.59. The van der Waals surface area contributed by atoms with Gasteiger partial charge in [-0.3, -0.25) is 5.32 Å². The molecule has 20 heavy (non-hydrogen) atoms. The molecule has 0 spiro atoms. The Kier molecular flexibility index (Phi) is 5.79. The molecular weight excluding hydrogens is 282 g/mol. The van der Waals surface area contributed by atoms with Crippen LogP contribution >= 0.6 is 0 Å². The Morgan fingerprint density at radius 3 is 2.35 bits per heavy atom. The minimum Gasteiger partial charge on any atom is -0.508 e. The molecule has 0 saturated carbocycles. The summed E-state index contributed by atoms with van der Waals surface area (Å²) in [7, 11) is -3.35. The lowest BCUT2D eigenvalue weighted by molar-refractivity contribution is -0.000675. The van der Waals surface area contributed by atoms with Crippen LogP contribution in [0.5, 0.6) is 11.5 Å². The second-order valence-corrected chi connectivity index (χ2v) is 6.89. The molecule has 0 aliphatic carbocycles. The minimum atomic E-state index is -3.35. The number of benzene rings is 1. The van der Waals surface area contributed by atoms with Crippen molar-refractivity contribution < 1.29 is 23.4 Å². The molecule has 1 aromatic rings. The number of hydrogen-bond donors (Lipinski definition) is 3. The van der Waals surface area contributed by atoms with E-state index in [-0.39, 0.29) is 11.5 Å². The molecule has 0 radical (unpaired) electrons. The van der Waals surface area contributed by atoms with Gasteiger partial charge in [0.05, 0.1) is 6.61 Å². The molecule has 1 aromatic carbocycles. The molecule has 0 amide bonds. The number of phenols is 1. The van der Waals surface area contributed by atoms with Crippen LogP contribution in [0.15, 0.2) is 24.3 Å². The molecule has 1 unspecified atom stereocenters. The van der Waals surface area contributed by atoms with Crippen LogP contribution in [0.3, 0.4) is 0 Å². The normalized spacial score (nSPS) is 14.8. The fourth-order valence-corrected chi connectivity index (χ4v) is 2.87. The molecule has 7 heteroatoms. The smallest absolute Gasteiger partial charge is 0.198 e. The lowest BCUT2D eigenvalue weighted by atomic mass is 10.2.